The van der Waals surface area contributed by atoms with Gasteiger partial charge in [0.2, 0.25) is 5.78 Å². The third kappa shape index (κ3) is 4.01. The molecule has 0 spiro atoms. The van der Waals surface area contributed by atoms with Gasteiger partial charge >= 0.3 is 0 Å². The summed E-state index contributed by atoms with van der Waals surface area (Å²) in [5.74, 6) is 2.87. The fraction of sp³-hybridized carbons (Fsp3) is 0.160. The van der Waals surface area contributed by atoms with Crippen LogP contribution in [0.2, 0.25) is 0 Å². The molecule has 4 rings (SSSR count). The van der Waals surface area contributed by atoms with E-state index in [0.717, 1.165) is 28.2 Å². The third-order valence-corrected chi connectivity index (χ3v) is 4.90. The summed E-state index contributed by atoms with van der Waals surface area (Å²) in [4.78, 5) is 12.8. The molecular weight excluding hydrogens is 380 g/mol. The topological polar surface area (TPSA) is 54.0 Å². The lowest BCUT2D eigenvalue weighted by Gasteiger charge is -2.10. The first-order valence-electron chi connectivity index (χ1n) is 9.56. The van der Waals surface area contributed by atoms with Gasteiger partial charge in [-0.15, -0.1) is 0 Å². The van der Waals surface area contributed by atoms with Crippen molar-refractivity contribution in [3.05, 3.63) is 88.7 Å². The summed E-state index contributed by atoms with van der Waals surface area (Å²) in [5, 5.41) is 0. The predicted octanol–water partition coefficient (Wildman–Crippen LogP) is 5.21. The molecule has 0 unspecified atom stereocenters. The van der Waals surface area contributed by atoms with E-state index >= 15 is 0 Å². The molecule has 5 heteroatoms. The SMILES string of the molecule is COc1ccc(/C=C2\Oc3cc(OCc4cccc(OC)c4)cc(C)c3C2=O)cc1. The standard InChI is InChI=1S/C25H22O5/c1-16-11-21(29-15-18-5-4-6-20(12-18)28-3)14-22-24(16)25(26)23(30-22)13-17-7-9-19(27-2)10-8-17/h4-14H,15H2,1-3H3/b23-13-. The second-order valence-electron chi connectivity index (χ2n) is 6.97. The van der Waals surface area contributed by atoms with Crippen molar-refractivity contribution < 1.29 is 23.7 Å². The number of aryl methyl sites for hydroxylation is 1. The Balaban J connectivity index is 1.53. The number of ketones is 1. The number of benzene rings is 3. The quantitative estimate of drug-likeness (QED) is 0.530. The normalized spacial score (nSPS) is 13.7. The van der Waals surface area contributed by atoms with E-state index in [1.807, 2.05) is 61.5 Å². The lowest BCUT2D eigenvalue weighted by Crippen LogP contribution is -2.00. The van der Waals surface area contributed by atoms with E-state index in [2.05, 4.69) is 0 Å². The summed E-state index contributed by atoms with van der Waals surface area (Å²) in [6.45, 7) is 2.27. The Kier molecular flexibility index (Phi) is 5.44. The van der Waals surface area contributed by atoms with Crippen LogP contribution in [0.15, 0.2) is 66.4 Å². The predicted molar refractivity (Wildman–Crippen MR) is 114 cm³/mol. The van der Waals surface area contributed by atoms with Gasteiger partial charge in [0.15, 0.2) is 5.76 Å². The zero-order valence-electron chi connectivity index (χ0n) is 17.1. The maximum atomic E-state index is 12.8. The van der Waals surface area contributed by atoms with Gasteiger partial charge in [0.05, 0.1) is 19.8 Å². The fourth-order valence-corrected chi connectivity index (χ4v) is 3.34. The van der Waals surface area contributed by atoms with Crippen molar-refractivity contribution >= 4 is 11.9 Å². The van der Waals surface area contributed by atoms with Crippen LogP contribution in [0.1, 0.15) is 27.0 Å². The molecule has 3 aromatic carbocycles. The van der Waals surface area contributed by atoms with Gasteiger partial charge in [0.1, 0.15) is 29.6 Å². The number of fused-ring (bicyclic) bond motifs is 1. The minimum absolute atomic E-state index is 0.127. The van der Waals surface area contributed by atoms with E-state index in [0.29, 0.717) is 29.4 Å². The highest BCUT2D eigenvalue weighted by molar-refractivity contribution is 6.15. The average Bonchev–Trinajstić information content (AvgIpc) is 3.08. The number of carbonyl (C=O) groups is 1. The van der Waals surface area contributed by atoms with Gasteiger partial charge in [0.25, 0.3) is 0 Å². The highest BCUT2D eigenvalue weighted by Crippen LogP contribution is 2.37. The smallest absolute Gasteiger partial charge is 0.232 e. The maximum Gasteiger partial charge on any atom is 0.232 e. The molecule has 0 saturated heterocycles. The van der Waals surface area contributed by atoms with Crippen LogP contribution >= 0.6 is 0 Å². The molecule has 0 bridgehead atoms. The highest BCUT2D eigenvalue weighted by atomic mass is 16.5. The van der Waals surface area contributed by atoms with Gasteiger partial charge in [-0.25, -0.2) is 0 Å². The Hall–Kier alpha value is -3.73. The molecule has 1 aliphatic heterocycles. The number of carbonyl (C=O) groups excluding carboxylic acids is 1. The van der Waals surface area contributed by atoms with Crippen molar-refractivity contribution in [1.82, 2.24) is 0 Å². The second-order valence-corrected chi connectivity index (χ2v) is 6.97. The van der Waals surface area contributed by atoms with Gasteiger partial charge < -0.3 is 18.9 Å². The van der Waals surface area contributed by atoms with Gasteiger partial charge in [0, 0.05) is 6.07 Å². The fourth-order valence-electron chi connectivity index (χ4n) is 3.34. The molecule has 0 fully saturated rings. The van der Waals surface area contributed by atoms with E-state index < -0.39 is 0 Å². The van der Waals surface area contributed by atoms with E-state index in [4.69, 9.17) is 18.9 Å². The number of ether oxygens (including phenoxy) is 4. The molecule has 0 radical (unpaired) electrons. The summed E-state index contributed by atoms with van der Waals surface area (Å²) >= 11 is 0. The minimum Gasteiger partial charge on any atom is -0.497 e. The highest BCUT2D eigenvalue weighted by Gasteiger charge is 2.30. The molecule has 1 heterocycles. The summed E-state index contributed by atoms with van der Waals surface area (Å²) in [7, 11) is 3.25. The Labute approximate surface area is 175 Å². The number of Topliss-reactive ketones (excluding diaryl/α,β-unsaturated/α-hetero) is 1. The number of allylic oxidation sites excluding steroid dienone is 1. The van der Waals surface area contributed by atoms with Gasteiger partial charge in [-0.3, -0.25) is 4.79 Å². The molecule has 5 nitrogen and oxygen atoms in total. The van der Waals surface area contributed by atoms with Crippen LogP contribution in [-0.4, -0.2) is 20.0 Å². The van der Waals surface area contributed by atoms with Crippen LogP contribution in [0.25, 0.3) is 6.08 Å². The molecule has 1 aliphatic rings. The summed E-state index contributed by atoms with van der Waals surface area (Å²) in [5.41, 5.74) is 3.24. The monoisotopic (exact) mass is 402 g/mol. The summed E-state index contributed by atoms with van der Waals surface area (Å²) in [6.07, 6.45) is 1.73. The molecule has 152 valence electrons. The van der Waals surface area contributed by atoms with E-state index in [1.165, 1.54) is 0 Å². The Bertz CT molecular complexity index is 1110. The van der Waals surface area contributed by atoms with Crippen molar-refractivity contribution in [1.29, 1.82) is 0 Å². The second kappa shape index (κ2) is 8.33. The van der Waals surface area contributed by atoms with Crippen molar-refractivity contribution in [2.24, 2.45) is 0 Å². The van der Waals surface area contributed by atoms with E-state index in [1.54, 1.807) is 26.4 Å². The first-order chi connectivity index (χ1) is 14.6. The zero-order chi connectivity index (χ0) is 21.1. The lowest BCUT2D eigenvalue weighted by molar-refractivity contribution is 0.101. The largest absolute Gasteiger partial charge is 0.497 e. The van der Waals surface area contributed by atoms with Crippen LogP contribution in [-0.2, 0) is 6.61 Å². The summed E-state index contributed by atoms with van der Waals surface area (Å²) in [6, 6.07) is 18.8. The minimum atomic E-state index is -0.127. The van der Waals surface area contributed by atoms with Crippen LogP contribution in [0.4, 0.5) is 0 Å². The summed E-state index contributed by atoms with van der Waals surface area (Å²) < 4.78 is 22.2. The van der Waals surface area contributed by atoms with Crippen molar-refractivity contribution in [3.63, 3.8) is 0 Å². The van der Waals surface area contributed by atoms with Crippen LogP contribution < -0.4 is 18.9 Å². The average molecular weight is 402 g/mol. The Morgan fingerprint density at radius 2 is 1.67 bits per heavy atom. The zero-order valence-corrected chi connectivity index (χ0v) is 17.1. The van der Waals surface area contributed by atoms with E-state index in [9.17, 15) is 4.79 Å². The first-order valence-corrected chi connectivity index (χ1v) is 9.56. The molecule has 30 heavy (non-hydrogen) atoms. The van der Waals surface area contributed by atoms with Crippen LogP contribution in [0, 0.1) is 6.92 Å². The maximum absolute atomic E-state index is 12.8. The van der Waals surface area contributed by atoms with Crippen molar-refractivity contribution in [3.8, 4) is 23.0 Å². The van der Waals surface area contributed by atoms with E-state index in [-0.39, 0.29) is 5.78 Å². The third-order valence-electron chi connectivity index (χ3n) is 4.90. The molecule has 0 saturated carbocycles. The lowest BCUT2D eigenvalue weighted by atomic mass is 10.0. The van der Waals surface area contributed by atoms with Crippen molar-refractivity contribution in [2.45, 2.75) is 13.5 Å². The van der Waals surface area contributed by atoms with Crippen molar-refractivity contribution in [2.75, 3.05) is 14.2 Å². The molecular formula is C25H22O5. The number of methoxy groups -OCH3 is 2. The number of hydrogen-bond acceptors (Lipinski definition) is 5. The Morgan fingerprint density at radius 3 is 2.40 bits per heavy atom. The molecule has 0 aromatic heterocycles. The molecule has 3 aromatic rings. The molecule has 0 N–H and O–H groups in total. The van der Waals surface area contributed by atoms with Gasteiger partial charge in [-0.1, -0.05) is 24.3 Å². The van der Waals surface area contributed by atoms with Gasteiger partial charge in [-0.2, -0.15) is 0 Å². The molecule has 0 amide bonds. The van der Waals surface area contributed by atoms with Crippen LogP contribution in [0.3, 0.4) is 0 Å². The van der Waals surface area contributed by atoms with Crippen LogP contribution in [0.5, 0.6) is 23.0 Å². The molecule has 0 atom stereocenters. The molecule has 0 aliphatic carbocycles. The number of rotatable bonds is 6. The van der Waals surface area contributed by atoms with Gasteiger partial charge in [-0.05, 0) is 60.0 Å². The Morgan fingerprint density at radius 1 is 0.900 bits per heavy atom. The first kappa shape index (κ1) is 19.6. The number of hydrogen-bond donors (Lipinski definition) is 0.